The maximum atomic E-state index is 5.55. The van der Waals surface area contributed by atoms with E-state index < -0.39 is 0 Å². The second kappa shape index (κ2) is 16.0. The van der Waals surface area contributed by atoms with Crippen molar-refractivity contribution < 1.29 is 14.2 Å². The van der Waals surface area contributed by atoms with E-state index in [1.54, 1.807) is 21.3 Å². The molecule has 1 aromatic rings. The first-order chi connectivity index (χ1) is 12.2. The zero-order valence-corrected chi connectivity index (χ0v) is 18.8. The molecule has 0 amide bonds. The van der Waals surface area contributed by atoms with E-state index in [2.05, 4.69) is 22.5 Å². The maximum Gasteiger partial charge on any atom is 0.190 e. The zero-order chi connectivity index (χ0) is 18.3. The molecule has 0 heterocycles. The number of ether oxygens (including phenoxy) is 3. The molecule has 0 fully saturated rings. The topological polar surface area (TPSA) is 64.1 Å². The molecule has 0 aliphatic rings. The highest BCUT2D eigenvalue weighted by molar-refractivity contribution is 14.0. The van der Waals surface area contributed by atoms with E-state index in [1.807, 2.05) is 18.2 Å². The van der Waals surface area contributed by atoms with Crippen molar-refractivity contribution in [2.45, 2.75) is 32.6 Å². The maximum absolute atomic E-state index is 5.55. The number of aliphatic imine (C=N–C) groups is 1. The average molecular weight is 479 g/mol. The third kappa shape index (κ3) is 10.1. The summed E-state index contributed by atoms with van der Waals surface area (Å²) in [5.74, 6) is 2.32. The number of halogens is 1. The van der Waals surface area contributed by atoms with Crippen molar-refractivity contribution >= 4 is 29.9 Å². The molecule has 0 atom stereocenters. The SMILES string of the molecule is CCCCOCCCNC(=NC)NCCc1ccc(OC)c(OC)c1.I. The molecule has 0 aliphatic heterocycles. The number of nitrogens with zero attached hydrogens (tertiary/aromatic N) is 1. The van der Waals surface area contributed by atoms with Crippen molar-refractivity contribution in [3.05, 3.63) is 23.8 Å². The molecule has 0 unspecified atom stereocenters. The van der Waals surface area contributed by atoms with Gasteiger partial charge >= 0.3 is 0 Å². The summed E-state index contributed by atoms with van der Waals surface area (Å²) in [5.41, 5.74) is 1.19. The summed E-state index contributed by atoms with van der Waals surface area (Å²) in [5, 5.41) is 6.62. The van der Waals surface area contributed by atoms with Crippen LogP contribution in [0.2, 0.25) is 0 Å². The first-order valence-electron chi connectivity index (χ1n) is 8.98. The average Bonchev–Trinajstić information content (AvgIpc) is 2.65. The van der Waals surface area contributed by atoms with Crippen LogP contribution in [0.3, 0.4) is 0 Å². The number of methoxy groups -OCH3 is 2. The molecule has 150 valence electrons. The molecule has 0 saturated heterocycles. The Labute approximate surface area is 175 Å². The van der Waals surface area contributed by atoms with Gasteiger partial charge in [-0.15, -0.1) is 24.0 Å². The lowest BCUT2D eigenvalue weighted by atomic mass is 10.1. The highest BCUT2D eigenvalue weighted by Gasteiger charge is 2.05. The lowest BCUT2D eigenvalue weighted by molar-refractivity contribution is 0.129. The van der Waals surface area contributed by atoms with Crippen LogP contribution in [0.15, 0.2) is 23.2 Å². The number of guanidine groups is 1. The standard InChI is InChI=1S/C19H33N3O3.HI/c1-5-6-13-25-14-7-11-21-19(20-2)22-12-10-16-8-9-17(23-3)18(15-16)24-4;/h8-9,15H,5-7,10-14H2,1-4H3,(H2,20,21,22);1H. The summed E-state index contributed by atoms with van der Waals surface area (Å²) in [4.78, 5) is 4.24. The monoisotopic (exact) mass is 479 g/mol. The highest BCUT2D eigenvalue weighted by atomic mass is 127. The van der Waals surface area contributed by atoms with Crippen LogP contribution in [0, 0.1) is 0 Å². The molecular weight excluding hydrogens is 445 g/mol. The number of benzene rings is 1. The molecule has 0 radical (unpaired) electrons. The summed E-state index contributed by atoms with van der Waals surface area (Å²) >= 11 is 0. The van der Waals surface area contributed by atoms with Crippen molar-refractivity contribution in [3.8, 4) is 11.5 Å². The van der Waals surface area contributed by atoms with Crippen LogP contribution >= 0.6 is 24.0 Å². The minimum Gasteiger partial charge on any atom is -0.493 e. The zero-order valence-electron chi connectivity index (χ0n) is 16.5. The predicted molar refractivity (Wildman–Crippen MR) is 118 cm³/mol. The van der Waals surface area contributed by atoms with Gasteiger partial charge < -0.3 is 24.8 Å². The van der Waals surface area contributed by atoms with Gasteiger partial charge in [-0.2, -0.15) is 0 Å². The Kier molecular flexibility index (Phi) is 15.2. The van der Waals surface area contributed by atoms with Crippen LogP contribution < -0.4 is 20.1 Å². The van der Waals surface area contributed by atoms with Gasteiger partial charge in [-0.3, -0.25) is 4.99 Å². The largest absolute Gasteiger partial charge is 0.493 e. The second-order valence-electron chi connectivity index (χ2n) is 5.68. The molecular formula is C19H34IN3O3. The summed E-state index contributed by atoms with van der Waals surface area (Å²) in [6.07, 6.45) is 4.16. The van der Waals surface area contributed by atoms with Crippen LogP contribution in [-0.2, 0) is 11.2 Å². The van der Waals surface area contributed by atoms with Gasteiger partial charge in [0.1, 0.15) is 0 Å². The number of nitrogens with one attached hydrogen (secondary N) is 2. The van der Waals surface area contributed by atoms with Gasteiger partial charge in [-0.05, 0) is 37.0 Å². The van der Waals surface area contributed by atoms with Gasteiger partial charge in [0, 0.05) is 33.4 Å². The summed E-state index contributed by atoms with van der Waals surface area (Å²) in [6.45, 7) is 5.46. The Morgan fingerprint density at radius 3 is 2.35 bits per heavy atom. The summed E-state index contributed by atoms with van der Waals surface area (Å²) in [7, 11) is 5.07. The van der Waals surface area contributed by atoms with Gasteiger partial charge in [-0.25, -0.2) is 0 Å². The van der Waals surface area contributed by atoms with E-state index in [0.717, 1.165) is 63.0 Å². The van der Waals surface area contributed by atoms with Crippen molar-refractivity contribution in [1.29, 1.82) is 0 Å². The van der Waals surface area contributed by atoms with Crippen molar-refractivity contribution in [3.63, 3.8) is 0 Å². The molecule has 7 heteroatoms. The molecule has 1 rings (SSSR count). The number of hydrogen-bond donors (Lipinski definition) is 2. The number of hydrogen-bond acceptors (Lipinski definition) is 4. The predicted octanol–water partition coefficient (Wildman–Crippen LogP) is 3.24. The number of unbranched alkanes of at least 4 members (excludes halogenated alkanes) is 1. The van der Waals surface area contributed by atoms with Crippen LogP contribution in [0.4, 0.5) is 0 Å². The molecule has 0 spiro atoms. The molecule has 0 bridgehead atoms. The molecule has 26 heavy (non-hydrogen) atoms. The van der Waals surface area contributed by atoms with Gasteiger partial charge in [0.15, 0.2) is 17.5 Å². The quantitative estimate of drug-likeness (QED) is 0.209. The van der Waals surface area contributed by atoms with Gasteiger partial charge in [0.05, 0.1) is 14.2 Å². The lowest BCUT2D eigenvalue weighted by Gasteiger charge is -2.13. The smallest absolute Gasteiger partial charge is 0.190 e. The van der Waals surface area contributed by atoms with E-state index >= 15 is 0 Å². The fourth-order valence-electron chi connectivity index (χ4n) is 2.31. The van der Waals surface area contributed by atoms with Crippen molar-refractivity contribution in [1.82, 2.24) is 10.6 Å². The molecule has 2 N–H and O–H groups in total. The molecule has 6 nitrogen and oxygen atoms in total. The van der Waals surface area contributed by atoms with E-state index in [9.17, 15) is 0 Å². The minimum atomic E-state index is 0. The third-order valence-corrected chi connectivity index (χ3v) is 3.78. The third-order valence-electron chi connectivity index (χ3n) is 3.78. The Morgan fingerprint density at radius 2 is 1.69 bits per heavy atom. The molecule has 0 aliphatic carbocycles. The molecule has 0 aromatic heterocycles. The second-order valence-corrected chi connectivity index (χ2v) is 5.68. The summed E-state index contributed by atoms with van der Waals surface area (Å²) < 4.78 is 16.1. The Balaban J connectivity index is 0.00000625. The van der Waals surface area contributed by atoms with Crippen LogP contribution in [0.1, 0.15) is 31.7 Å². The van der Waals surface area contributed by atoms with Gasteiger partial charge in [0.2, 0.25) is 0 Å². The molecule has 1 aromatic carbocycles. The lowest BCUT2D eigenvalue weighted by Crippen LogP contribution is -2.39. The van der Waals surface area contributed by atoms with E-state index in [1.165, 1.54) is 12.0 Å². The first kappa shape index (κ1) is 24.8. The molecule has 0 saturated carbocycles. The van der Waals surface area contributed by atoms with Crippen molar-refractivity contribution in [2.24, 2.45) is 4.99 Å². The van der Waals surface area contributed by atoms with Crippen LogP contribution in [-0.4, -0.2) is 53.5 Å². The van der Waals surface area contributed by atoms with Crippen LogP contribution in [0.25, 0.3) is 0 Å². The Morgan fingerprint density at radius 1 is 1.00 bits per heavy atom. The Bertz CT molecular complexity index is 513. The first-order valence-corrected chi connectivity index (χ1v) is 8.98. The van der Waals surface area contributed by atoms with E-state index in [-0.39, 0.29) is 24.0 Å². The van der Waals surface area contributed by atoms with Gasteiger partial charge in [-0.1, -0.05) is 19.4 Å². The summed E-state index contributed by atoms with van der Waals surface area (Å²) in [6, 6.07) is 5.98. The fourth-order valence-corrected chi connectivity index (χ4v) is 2.31. The van der Waals surface area contributed by atoms with Crippen LogP contribution in [0.5, 0.6) is 11.5 Å². The van der Waals surface area contributed by atoms with Crippen molar-refractivity contribution in [2.75, 3.05) is 47.6 Å². The Hall–Kier alpha value is -1.22. The normalized spacial score (nSPS) is 10.8. The highest BCUT2D eigenvalue weighted by Crippen LogP contribution is 2.27. The number of rotatable bonds is 12. The fraction of sp³-hybridized carbons (Fsp3) is 0.632. The van der Waals surface area contributed by atoms with E-state index in [0.29, 0.717) is 0 Å². The van der Waals surface area contributed by atoms with E-state index in [4.69, 9.17) is 14.2 Å². The van der Waals surface area contributed by atoms with Gasteiger partial charge in [0.25, 0.3) is 0 Å². The minimum absolute atomic E-state index is 0.